The molecule has 0 bridgehead atoms. The van der Waals surface area contributed by atoms with E-state index < -0.39 is 15.6 Å². The highest BCUT2D eigenvalue weighted by molar-refractivity contribution is 7.92. The van der Waals surface area contributed by atoms with Crippen LogP contribution in [-0.2, 0) is 10.0 Å². The molecule has 0 atom stereocenters. The van der Waals surface area contributed by atoms with Gasteiger partial charge < -0.3 is 9.15 Å². The first kappa shape index (κ1) is 16.1. The molecule has 0 fully saturated rings. The second kappa shape index (κ2) is 6.37. The molecule has 0 aliphatic rings. The number of rotatable bonds is 5. The SMILES string of the molecule is CCOc1ccc(NS(=O)(=O)c2ccc3oc(=O)ccc3c2)cc1. The van der Waals surface area contributed by atoms with Crippen molar-refractivity contribution in [3.63, 3.8) is 0 Å². The topological polar surface area (TPSA) is 85.6 Å². The maximum absolute atomic E-state index is 12.5. The third kappa shape index (κ3) is 3.41. The summed E-state index contributed by atoms with van der Waals surface area (Å²) in [5.74, 6) is 0.668. The summed E-state index contributed by atoms with van der Waals surface area (Å²) in [5.41, 5.74) is 0.284. The van der Waals surface area contributed by atoms with Gasteiger partial charge in [0.25, 0.3) is 10.0 Å². The second-order valence-corrected chi connectivity index (χ2v) is 6.70. The molecule has 0 spiro atoms. The first-order chi connectivity index (χ1) is 11.5. The average Bonchev–Trinajstić information content (AvgIpc) is 2.56. The van der Waals surface area contributed by atoms with Crippen LogP contribution in [0.3, 0.4) is 0 Å². The van der Waals surface area contributed by atoms with Crippen molar-refractivity contribution in [1.29, 1.82) is 0 Å². The van der Waals surface area contributed by atoms with Crippen LogP contribution in [0.5, 0.6) is 5.75 Å². The predicted molar refractivity (Wildman–Crippen MR) is 90.9 cm³/mol. The Morgan fingerprint density at radius 3 is 2.50 bits per heavy atom. The summed E-state index contributed by atoms with van der Waals surface area (Å²) in [6.07, 6.45) is 0. The fourth-order valence-corrected chi connectivity index (χ4v) is 3.31. The van der Waals surface area contributed by atoms with E-state index in [2.05, 4.69) is 4.72 Å². The summed E-state index contributed by atoms with van der Waals surface area (Å²) in [6.45, 7) is 2.41. The molecule has 1 aromatic heterocycles. The molecular formula is C17H15NO5S. The second-order valence-electron chi connectivity index (χ2n) is 5.02. The van der Waals surface area contributed by atoms with Crippen LogP contribution in [0.25, 0.3) is 11.0 Å². The van der Waals surface area contributed by atoms with Gasteiger partial charge >= 0.3 is 5.63 Å². The minimum absolute atomic E-state index is 0.0812. The van der Waals surface area contributed by atoms with Crippen molar-refractivity contribution in [2.24, 2.45) is 0 Å². The van der Waals surface area contributed by atoms with Crippen LogP contribution < -0.4 is 15.1 Å². The highest BCUT2D eigenvalue weighted by Crippen LogP contribution is 2.22. The minimum Gasteiger partial charge on any atom is -0.494 e. The summed E-state index contributed by atoms with van der Waals surface area (Å²) in [5, 5.41) is 0.532. The van der Waals surface area contributed by atoms with E-state index in [0.29, 0.717) is 29.0 Å². The van der Waals surface area contributed by atoms with Crippen LogP contribution in [0.2, 0.25) is 0 Å². The van der Waals surface area contributed by atoms with Crippen molar-refractivity contribution < 1.29 is 17.6 Å². The van der Waals surface area contributed by atoms with Crippen molar-refractivity contribution in [3.8, 4) is 5.75 Å². The lowest BCUT2D eigenvalue weighted by molar-refractivity contribution is 0.340. The lowest BCUT2D eigenvalue weighted by atomic mass is 10.2. The van der Waals surface area contributed by atoms with Gasteiger partial charge in [0.15, 0.2) is 0 Å². The number of anilines is 1. The lowest BCUT2D eigenvalue weighted by Crippen LogP contribution is -2.13. The Hall–Kier alpha value is -2.80. The number of sulfonamides is 1. The number of fused-ring (bicyclic) bond motifs is 1. The van der Waals surface area contributed by atoms with Gasteiger partial charge in [0.05, 0.1) is 11.5 Å². The summed E-state index contributed by atoms with van der Waals surface area (Å²) < 4.78 is 37.8. The van der Waals surface area contributed by atoms with Crippen molar-refractivity contribution in [3.05, 3.63) is 65.0 Å². The Bertz CT molecular complexity index is 1020. The highest BCUT2D eigenvalue weighted by atomic mass is 32.2. The molecule has 1 heterocycles. The molecule has 3 aromatic rings. The maximum atomic E-state index is 12.5. The molecule has 124 valence electrons. The summed E-state index contributed by atoms with van der Waals surface area (Å²) in [6, 6.07) is 13.7. The van der Waals surface area contributed by atoms with E-state index in [-0.39, 0.29) is 4.90 Å². The molecule has 0 saturated carbocycles. The molecule has 0 saturated heterocycles. The first-order valence-electron chi connectivity index (χ1n) is 7.27. The molecule has 0 radical (unpaired) electrons. The van der Waals surface area contributed by atoms with Gasteiger partial charge in [-0.15, -0.1) is 0 Å². The van der Waals surface area contributed by atoms with Crippen LogP contribution in [-0.4, -0.2) is 15.0 Å². The van der Waals surface area contributed by atoms with Crippen molar-refractivity contribution in [1.82, 2.24) is 0 Å². The molecule has 3 rings (SSSR count). The smallest absolute Gasteiger partial charge is 0.336 e. The van der Waals surface area contributed by atoms with Gasteiger partial charge in [0, 0.05) is 17.1 Å². The number of hydrogen-bond donors (Lipinski definition) is 1. The predicted octanol–water partition coefficient (Wildman–Crippen LogP) is 2.99. The number of benzene rings is 2. The van der Waals surface area contributed by atoms with E-state index in [4.69, 9.17) is 9.15 Å². The first-order valence-corrected chi connectivity index (χ1v) is 8.76. The fourth-order valence-electron chi connectivity index (χ4n) is 2.22. The molecule has 6 nitrogen and oxygen atoms in total. The third-order valence-corrected chi connectivity index (χ3v) is 4.70. The van der Waals surface area contributed by atoms with E-state index in [1.165, 1.54) is 30.3 Å². The zero-order valence-corrected chi connectivity index (χ0v) is 13.7. The summed E-state index contributed by atoms with van der Waals surface area (Å²) in [7, 11) is -3.75. The number of ether oxygens (including phenoxy) is 1. The van der Waals surface area contributed by atoms with Gasteiger partial charge in [-0.1, -0.05) is 0 Å². The normalized spacial score (nSPS) is 11.4. The zero-order valence-electron chi connectivity index (χ0n) is 12.9. The van der Waals surface area contributed by atoms with Gasteiger partial charge in [0.1, 0.15) is 11.3 Å². The average molecular weight is 345 g/mol. The van der Waals surface area contributed by atoms with Crippen LogP contribution in [0, 0.1) is 0 Å². The van der Waals surface area contributed by atoms with Crippen molar-refractivity contribution in [2.75, 3.05) is 11.3 Å². The van der Waals surface area contributed by atoms with Crippen LogP contribution in [0.15, 0.2) is 68.7 Å². The molecule has 24 heavy (non-hydrogen) atoms. The Morgan fingerprint density at radius 2 is 1.79 bits per heavy atom. The molecule has 0 aliphatic heterocycles. The molecular weight excluding hydrogens is 330 g/mol. The molecule has 7 heteroatoms. The van der Waals surface area contributed by atoms with Gasteiger partial charge in [0.2, 0.25) is 0 Å². The summed E-state index contributed by atoms with van der Waals surface area (Å²) >= 11 is 0. The Labute approximate surface area is 138 Å². The maximum Gasteiger partial charge on any atom is 0.336 e. The summed E-state index contributed by atoms with van der Waals surface area (Å²) in [4.78, 5) is 11.3. The van der Waals surface area contributed by atoms with E-state index in [0.717, 1.165) is 0 Å². The standard InChI is InChI=1S/C17H15NO5S/c1-2-22-14-6-4-13(5-7-14)18-24(20,21)15-8-9-16-12(11-15)3-10-17(19)23-16/h3-11,18H,2H2,1H3. The van der Waals surface area contributed by atoms with E-state index in [9.17, 15) is 13.2 Å². The van der Waals surface area contributed by atoms with Crippen LogP contribution in [0.1, 0.15) is 6.92 Å². The minimum atomic E-state index is -3.75. The molecule has 0 unspecified atom stereocenters. The van der Waals surface area contributed by atoms with Gasteiger partial charge in [-0.2, -0.15) is 0 Å². The number of nitrogens with one attached hydrogen (secondary N) is 1. The molecule has 2 aromatic carbocycles. The van der Waals surface area contributed by atoms with E-state index in [1.54, 1.807) is 24.3 Å². The molecule has 0 amide bonds. The van der Waals surface area contributed by atoms with Gasteiger partial charge in [-0.3, -0.25) is 4.72 Å². The Morgan fingerprint density at radius 1 is 1.04 bits per heavy atom. The lowest BCUT2D eigenvalue weighted by Gasteiger charge is -2.09. The Balaban J connectivity index is 1.89. The largest absolute Gasteiger partial charge is 0.494 e. The van der Waals surface area contributed by atoms with Crippen molar-refractivity contribution in [2.45, 2.75) is 11.8 Å². The fraction of sp³-hybridized carbons (Fsp3) is 0.118. The van der Waals surface area contributed by atoms with Gasteiger partial charge in [-0.25, -0.2) is 13.2 Å². The van der Waals surface area contributed by atoms with E-state index >= 15 is 0 Å². The monoisotopic (exact) mass is 345 g/mol. The zero-order chi connectivity index (χ0) is 17.2. The van der Waals surface area contributed by atoms with Crippen LogP contribution >= 0.6 is 0 Å². The molecule has 0 aliphatic carbocycles. The third-order valence-electron chi connectivity index (χ3n) is 3.32. The quantitative estimate of drug-likeness (QED) is 0.719. The van der Waals surface area contributed by atoms with Crippen molar-refractivity contribution >= 4 is 26.7 Å². The van der Waals surface area contributed by atoms with Gasteiger partial charge in [-0.05, 0) is 55.5 Å². The highest BCUT2D eigenvalue weighted by Gasteiger charge is 2.15. The molecule has 1 N–H and O–H groups in total. The Kier molecular flexibility index (Phi) is 4.26. The van der Waals surface area contributed by atoms with E-state index in [1.807, 2.05) is 6.92 Å². The van der Waals surface area contributed by atoms with Crippen LogP contribution in [0.4, 0.5) is 5.69 Å². The number of hydrogen-bond acceptors (Lipinski definition) is 5.